The molecule has 0 unspecified atom stereocenters. The molecule has 0 atom stereocenters. The minimum atomic E-state index is -0.225. The van der Waals surface area contributed by atoms with Gasteiger partial charge in [-0.3, -0.25) is 9.36 Å². The molecule has 7 nitrogen and oxygen atoms in total. The van der Waals surface area contributed by atoms with E-state index in [-0.39, 0.29) is 11.1 Å². The highest BCUT2D eigenvalue weighted by molar-refractivity contribution is 7.98. The van der Waals surface area contributed by atoms with Crippen LogP contribution in [0.2, 0.25) is 0 Å². The number of rotatable bonds is 2. The monoisotopic (exact) mass is 338 g/mol. The molecule has 120 valence electrons. The smallest absolute Gasteiger partial charge is 0.282 e. The predicted molar refractivity (Wildman–Crippen MR) is 92.9 cm³/mol. The van der Waals surface area contributed by atoms with Gasteiger partial charge in [-0.05, 0) is 43.4 Å². The van der Waals surface area contributed by atoms with Crippen molar-refractivity contribution >= 4 is 28.6 Å². The van der Waals surface area contributed by atoms with E-state index < -0.39 is 0 Å². The van der Waals surface area contributed by atoms with Crippen molar-refractivity contribution in [2.24, 2.45) is 0 Å². The Bertz CT molecular complexity index is 1150. The molecule has 0 bridgehead atoms. The molecular weight excluding hydrogens is 324 g/mol. The third-order valence-electron chi connectivity index (χ3n) is 4.10. The van der Waals surface area contributed by atoms with Gasteiger partial charge in [0.25, 0.3) is 11.3 Å². The molecular formula is C16H14N6OS. The normalized spacial score (nSPS) is 11.5. The Morgan fingerprint density at radius 1 is 1.12 bits per heavy atom. The van der Waals surface area contributed by atoms with Crippen molar-refractivity contribution in [1.29, 1.82) is 0 Å². The first-order chi connectivity index (χ1) is 11.6. The number of aromatic nitrogens is 6. The van der Waals surface area contributed by atoms with Crippen LogP contribution >= 0.6 is 11.8 Å². The minimum absolute atomic E-state index is 0.225. The van der Waals surface area contributed by atoms with Crippen LogP contribution in [-0.4, -0.2) is 35.6 Å². The summed E-state index contributed by atoms with van der Waals surface area (Å²) in [5.74, 6) is 0.385. The van der Waals surface area contributed by atoms with E-state index in [4.69, 9.17) is 0 Å². The predicted octanol–water partition coefficient (Wildman–Crippen LogP) is 2.16. The zero-order valence-electron chi connectivity index (χ0n) is 13.4. The van der Waals surface area contributed by atoms with E-state index in [1.165, 1.54) is 11.8 Å². The standard InChI is InChI=1S/C16H14N6OS/c1-9-5-4-6-11(10(9)2)21-8-7-12-13(14(21)23)18-19-15-17-16(24-3)20-22(12)15/h4-8H,1-3H3. The van der Waals surface area contributed by atoms with Crippen molar-refractivity contribution in [2.45, 2.75) is 19.0 Å². The third-order valence-corrected chi connectivity index (χ3v) is 4.64. The molecule has 0 spiro atoms. The molecule has 0 saturated heterocycles. The van der Waals surface area contributed by atoms with Gasteiger partial charge < -0.3 is 0 Å². The largest absolute Gasteiger partial charge is 0.285 e. The van der Waals surface area contributed by atoms with Crippen LogP contribution < -0.4 is 5.56 Å². The Hall–Kier alpha value is -2.74. The van der Waals surface area contributed by atoms with E-state index >= 15 is 0 Å². The number of thioether (sulfide) groups is 1. The number of pyridine rings is 1. The molecule has 0 aliphatic rings. The van der Waals surface area contributed by atoms with Gasteiger partial charge in [-0.25, -0.2) is 0 Å². The van der Waals surface area contributed by atoms with Crippen molar-refractivity contribution in [2.75, 3.05) is 6.26 Å². The van der Waals surface area contributed by atoms with Gasteiger partial charge in [-0.1, -0.05) is 23.9 Å². The quantitative estimate of drug-likeness (QED) is 0.521. The van der Waals surface area contributed by atoms with Gasteiger partial charge in [-0.2, -0.15) is 9.50 Å². The van der Waals surface area contributed by atoms with E-state index in [9.17, 15) is 4.79 Å². The second-order valence-corrected chi connectivity index (χ2v) is 6.23. The van der Waals surface area contributed by atoms with Crippen LogP contribution in [0.1, 0.15) is 11.1 Å². The Morgan fingerprint density at radius 2 is 1.96 bits per heavy atom. The van der Waals surface area contributed by atoms with Crippen LogP contribution in [0, 0.1) is 13.8 Å². The fourth-order valence-corrected chi connectivity index (χ4v) is 3.00. The topological polar surface area (TPSA) is 78.0 Å². The number of hydrogen-bond acceptors (Lipinski definition) is 6. The number of hydrogen-bond donors (Lipinski definition) is 0. The van der Waals surface area contributed by atoms with Crippen LogP contribution in [0.25, 0.3) is 22.5 Å². The van der Waals surface area contributed by atoms with Crippen LogP contribution in [0.4, 0.5) is 0 Å². The number of aryl methyl sites for hydroxylation is 1. The lowest BCUT2D eigenvalue weighted by Crippen LogP contribution is -2.21. The molecule has 3 aromatic heterocycles. The fraction of sp³-hybridized carbons (Fsp3) is 0.188. The molecule has 0 aliphatic heterocycles. The summed E-state index contributed by atoms with van der Waals surface area (Å²) in [4.78, 5) is 17.2. The minimum Gasteiger partial charge on any atom is -0.282 e. The van der Waals surface area contributed by atoms with Crippen LogP contribution in [0.5, 0.6) is 0 Å². The zero-order chi connectivity index (χ0) is 16.8. The van der Waals surface area contributed by atoms with Crippen LogP contribution in [0.15, 0.2) is 40.4 Å². The summed E-state index contributed by atoms with van der Waals surface area (Å²) in [5.41, 5.74) is 3.66. The van der Waals surface area contributed by atoms with E-state index in [1.54, 1.807) is 15.3 Å². The van der Waals surface area contributed by atoms with Gasteiger partial charge in [0.1, 0.15) is 5.52 Å². The molecule has 4 aromatic rings. The summed E-state index contributed by atoms with van der Waals surface area (Å²) in [7, 11) is 0. The second kappa shape index (κ2) is 5.41. The molecule has 0 fully saturated rings. The number of benzene rings is 1. The fourth-order valence-electron chi connectivity index (χ4n) is 2.66. The highest BCUT2D eigenvalue weighted by Crippen LogP contribution is 2.18. The highest BCUT2D eigenvalue weighted by atomic mass is 32.2. The molecule has 0 amide bonds. The molecule has 24 heavy (non-hydrogen) atoms. The molecule has 0 saturated carbocycles. The van der Waals surface area contributed by atoms with Gasteiger partial charge in [0, 0.05) is 6.20 Å². The van der Waals surface area contributed by atoms with Crippen molar-refractivity contribution < 1.29 is 0 Å². The summed E-state index contributed by atoms with van der Waals surface area (Å²) in [5, 5.41) is 13.1. The van der Waals surface area contributed by atoms with Gasteiger partial charge in [0.2, 0.25) is 5.16 Å². The lowest BCUT2D eigenvalue weighted by Gasteiger charge is -2.11. The number of nitrogens with zero attached hydrogens (tertiary/aromatic N) is 6. The van der Waals surface area contributed by atoms with Gasteiger partial charge in [-0.15, -0.1) is 15.3 Å². The summed E-state index contributed by atoms with van der Waals surface area (Å²) in [6.45, 7) is 4.02. The van der Waals surface area contributed by atoms with Gasteiger partial charge in [0.05, 0.1) is 5.69 Å². The van der Waals surface area contributed by atoms with E-state index in [1.807, 2.05) is 44.4 Å². The first kappa shape index (κ1) is 14.8. The van der Waals surface area contributed by atoms with Crippen LogP contribution in [-0.2, 0) is 0 Å². The summed E-state index contributed by atoms with van der Waals surface area (Å²) >= 11 is 1.42. The SMILES string of the molecule is CSc1nc2nnc3c(=O)n(-c4cccc(C)c4C)ccc3n2n1. The maximum absolute atomic E-state index is 12.9. The maximum Gasteiger partial charge on any atom is 0.285 e. The first-order valence-electron chi connectivity index (χ1n) is 7.35. The Labute approximate surface area is 141 Å². The van der Waals surface area contributed by atoms with E-state index in [0.717, 1.165) is 16.8 Å². The number of fused-ring (bicyclic) bond motifs is 3. The summed E-state index contributed by atoms with van der Waals surface area (Å²) in [6, 6.07) is 7.70. The average Bonchev–Trinajstić information content (AvgIpc) is 3.02. The van der Waals surface area contributed by atoms with Crippen molar-refractivity contribution in [3.8, 4) is 5.69 Å². The van der Waals surface area contributed by atoms with E-state index in [2.05, 4.69) is 20.3 Å². The molecule has 0 aliphatic carbocycles. The summed E-state index contributed by atoms with van der Waals surface area (Å²) in [6.07, 6.45) is 3.63. The Morgan fingerprint density at radius 3 is 2.75 bits per heavy atom. The molecule has 0 N–H and O–H groups in total. The van der Waals surface area contributed by atoms with Gasteiger partial charge in [0.15, 0.2) is 5.52 Å². The van der Waals surface area contributed by atoms with Crippen molar-refractivity contribution in [3.05, 3.63) is 51.9 Å². The summed E-state index contributed by atoms with van der Waals surface area (Å²) < 4.78 is 3.15. The molecule has 4 rings (SSSR count). The average molecular weight is 338 g/mol. The lowest BCUT2D eigenvalue weighted by molar-refractivity contribution is 0.884. The first-order valence-corrected chi connectivity index (χ1v) is 8.58. The van der Waals surface area contributed by atoms with Gasteiger partial charge >= 0.3 is 0 Å². The van der Waals surface area contributed by atoms with Crippen molar-refractivity contribution in [3.63, 3.8) is 0 Å². The third kappa shape index (κ3) is 2.10. The van der Waals surface area contributed by atoms with Crippen molar-refractivity contribution in [1.82, 2.24) is 29.4 Å². The Balaban J connectivity index is 2.04. The molecule has 1 aromatic carbocycles. The molecule has 0 radical (unpaired) electrons. The zero-order valence-corrected chi connectivity index (χ0v) is 14.2. The molecule has 8 heteroatoms. The lowest BCUT2D eigenvalue weighted by atomic mass is 10.1. The highest BCUT2D eigenvalue weighted by Gasteiger charge is 2.14. The Kier molecular flexibility index (Phi) is 3.34. The van der Waals surface area contributed by atoms with Crippen LogP contribution in [0.3, 0.4) is 0 Å². The second-order valence-electron chi connectivity index (χ2n) is 5.45. The maximum atomic E-state index is 12.9. The molecule has 3 heterocycles. The van der Waals surface area contributed by atoms with E-state index in [0.29, 0.717) is 16.5 Å².